The first-order valence-electron chi connectivity index (χ1n) is 10.2. The summed E-state index contributed by atoms with van der Waals surface area (Å²) in [5.41, 5.74) is -0.448. The summed E-state index contributed by atoms with van der Waals surface area (Å²) in [6.45, 7) is 0.270. The van der Waals surface area contributed by atoms with Crippen LogP contribution in [0.5, 0.6) is 5.75 Å². The van der Waals surface area contributed by atoms with Gasteiger partial charge in [0.15, 0.2) is 4.77 Å². The van der Waals surface area contributed by atoms with Crippen LogP contribution in [0.15, 0.2) is 65.5 Å². The fourth-order valence-corrected chi connectivity index (χ4v) is 3.96. The summed E-state index contributed by atoms with van der Waals surface area (Å²) in [6.07, 6.45) is -4.63. The molecule has 0 bridgehead atoms. The Balaban J connectivity index is 1.67. The minimum Gasteiger partial charge on any atom is -0.497 e. The molecule has 0 radical (unpaired) electrons. The van der Waals surface area contributed by atoms with Crippen LogP contribution in [-0.4, -0.2) is 22.6 Å². The molecule has 1 heterocycles. The summed E-state index contributed by atoms with van der Waals surface area (Å²) in [7, 11) is 1.56. The number of hydrogen-bond acceptors (Lipinski definition) is 4. The van der Waals surface area contributed by atoms with Crippen LogP contribution < -0.4 is 15.6 Å². The molecular weight excluding hydrogens is 503 g/mol. The molecule has 2 N–H and O–H groups in total. The lowest BCUT2D eigenvalue weighted by molar-refractivity contribution is -0.137. The van der Waals surface area contributed by atoms with E-state index in [1.165, 1.54) is 18.2 Å². The molecule has 1 amide bonds. The van der Waals surface area contributed by atoms with E-state index in [0.29, 0.717) is 5.75 Å². The molecule has 0 saturated carbocycles. The SMILES string of the molecule is COc1ccc(CNC(=O)c2ccc3c(=O)n(-c4cc(C(F)(F)F)ccc4Cl)c(=S)[nH]c3c2)cc1. The Bertz CT molecular complexity index is 1550. The molecule has 0 saturated heterocycles. The van der Waals surface area contributed by atoms with Gasteiger partial charge < -0.3 is 15.0 Å². The van der Waals surface area contributed by atoms with Gasteiger partial charge in [0.25, 0.3) is 11.5 Å². The highest BCUT2D eigenvalue weighted by molar-refractivity contribution is 7.71. The Morgan fingerprint density at radius 2 is 1.83 bits per heavy atom. The van der Waals surface area contributed by atoms with Crippen molar-refractivity contribution in [1.29, 1.82) is 0 Å². The number of carbonyl (C=O) groups is 1. The van der Waals surface area contributed by atoms with Gasteiger partial charge in [0.1, 0.15) is 5.75 Å². The second kappa shape index (κ2) is 9.55. The molecule has 4 rings (SSSR count). The van der Waals surface area contributed by atoms with Crippen LogP contribution in [0.2, 0.25) is 5.02 Å². The van der Waals surface area contributed by atoms with Gasteiger partial charge in [-0.3, -0.25) is 14.2 Å². The van der Waals surface area contributed by atoms with E-state index in [-0.39, 0.29) is 44.4 Å². The van der Waals surface area contributed by atoms with Gasteiger partial charge in [0, 0.05) is 12.1 Å². The minimum atomic E-state index is -4.63. The molecule has 0 spiro atoms. The number of H-pyrrole nitrogens is 1. The van der Waals surface area contributed by atoms with Gasteiger partial charge in [0.2, 0.25) is 0 Å². The van der Waals surface area contributed by atoms with E-state index in [9.17, 15) is 22.8 Å². The van der Waals surface area contributed by atoms with Crippen molar-refractivity contribution in [2.24, 2.45) is 0 Å². The van der Waals surface area contributed by atoms with E-state index >= 15 is 0 Å². The van der Waals surface area contributed by atoms with E-state index in [1.54, 1.807) is 19.2 Å². The van der Waals surface area contributed by atoms with Crippen LogP contribution in [0.25, 0.3) is 16.6 Å². The smallest absolute Gasteiger partial charge is 0.416 e. The molecule has 0 unspecified atom stereocenters. The molecule has 11 heteroatoms. The first-order valence-corrected chi connectivity index (χ1v) is 10.9. The van der Waals surface area contributed by atoms with Crippen molar-refractivity contribution < 1.29 is 22.7 Å². The highest BCUT2D eigenvalue weighted by atomic mass is 35.5. The van der Waals surface area contributed by atoms with Crippen LogP contribution in [0.1, 0.15) is 21.5 Å². The molecule has 0 aliphatic carbocycles. The lowest BCUT2D eigenvalue weighted by Gasteiger charge is -2.13. The number of halogens is 4. The molecule has 180 valence electrons. The average molecular weight is 520 g/mol. The fraction of sp³-hybridized carbons (Fsp3) is 0.125. The number of methoxy groups -OCH3 is 1. The van der Waals surface area contributed by atoms with E-state index in [4.69, 9.17) is 28.6 Å². The largest absolute Gasteiger partial charge is 0.497 e. The summed E-state index contributed by atoms with van der Waals surface area (Å²) < 4.78 is 45.4. The number of hydrogen-bond donors (Lipinski definition) is 2. The standard InChI is InChI=1S/C24H17ClF3N3O3S/c1-34-16-6-2-13(3-7-16)12-29-21(32)14-4-8-17-19(10-14)30-23(35)31(22(17)33)20-11-15(24(26,27)28)5-9-18(20)25/h2-11H,12H2,1H3,(H,29,32)(H,30,35). The second-order valence-corrected chi connectivity index (χ2v) is 8.32. The number of alkyl halides is 3. The maximum Gasteiger partial charge on any atom is 0.416 e. The van der Waals surface area contributed by atoms with Gasteiger partial charge in [-0.05, 0) is 66.3 Å². The predicted octanol–water partition coefficient (Wildman–Crippen LogP) is 5.66. The van der Waals surface area contributed by atoms with Crippen LogP contribution in [-0.2, 0) is 12.7 Å². The lowest BCUT2D eigenvalue weighted by Crippen LogP contribution is -2.24. The van der Waals surface area contributed by atoms with E-state index in [2.05, 4.69) is 10.3 Å². The van der Waals surface area contributed by atoms with Crippen LogP contribution in [0.3, 0.4) is 0 Å². The molecule has 0 aliphatic heterocycles. The predicted molar refractivity (Wildman–Crippen MR) is 129 cm³/mol. The summed E-state index contributed by atoms with van der Waals surface area (Å²) in [5.74, 6) is 0.314. The third-order valence-electron chi connectivity index (χ3n) is 5.29. The maximum atomic E-state index is 13.2. The van der Waals surface area contributed by atoms with Crippen molar-refractivity contribution in [3.05, 3.63) is 97.5 Å². The number of ether oxygens (including phenoxy) is 1. The van der Waals surface area contributed by atoms with Crippen molar-refractivity contribution in [3.8, 4) is 11.4 Å². The van der Waals surface area contributed by atoms with Crippen molar-refractivity contribution in [3.63, 3.8) is 0 Å². The minimum absolute atomic E-state index is 0.0755. The first-order chi connectivity index (χ1) is 16.6. The van der Waals surface area contributed by atoms with Crippen molar-refractivity contribution >= 4 is 40.6 Å². The van der Waals surface area contributed by atoms with Crippen LogP contribution >= 0.6 is 23.8 Å². The zero-order chi connectivity index (χ0) is 25.3. The number of carbonyl (C=O) groups excluding carboxylic acids is 1. The van der Waals surface area contributed by atoms with Crippen molar-refractivity contribution in [2.75, 3.05) is 7.11 Å². The molecule has 3 aromatic carbocycles. The first kappa shape index (κ1) is 24.5. The van der Waals surface area contributed by atoms with Gasteiger partial charge in [-0.25, -0.2) is 0 Å². The lowest BCUT2D eigenvalue weighted by atomic mass is 10.1. The Kier molecular flexibility index (Phi) is 6.68. The zero-order valence-electron chi connectivity index (χ0n) is 18.1. The molecule has 0 aliphatic rings. The number of aromatic nitrogens is 2. The number of rotatable bonds is 5. The average Bonchev–Trinajstić information content (AvgIpc) is 2.82. The molecule has 0 atom stereocenters. The maximum absolute atomic E-state index is 13.2. The number of fused-ring (bicyclic) bond motifs is 1. The third kappa shape index (κ3) is 5.08. The highest BCUT2D eigenvalue weighted by Crippen LogP contribution is 2.33. The number of nitrogens with zero attached hydrogens (tertiary/aromatic N) is 1. The number of aromatic amines is 1. The summed E-state index contributed by atoms with van der Waals surface area (Å²) >= 11 is 11.3. The third-order valence-corrected chi connectivity index (χ3v) is 5.89. The van der Waals surface area contributed by atoms with Gasteiger partial charge >= 0.3 is 6.18 Å². The van der Waals surface area contributed by atoms with Gasteiger partial charge in [-0.15, -0.1) is 0 Å². The Hall–Kier alpha value is -3.63. The second-order valence-electron chi connectivity index (χ2n) is 7.53. The number of nitrogens with one attached hydrogen (secondary N) is 2. The Labute approximate surface area is 206 Å². The van der Waals surface area contributed by atoms with E-state index in [1.807, 2.05) is 12.1 Å². The summed E-state index contributed by atoms with van der Waals surface area (Å²) in [5, 5.41) is 2.83. The van der Waals surface area contributed by atoms with E-state index in [0.717, 1.165) is 28.3 Å². The monoisotopic (exact) mass is 519 g/mol. The topological polar surface area (TPSA) is 76.1 Å². The molecule has 6 nitrogen and oxygen atoms in total. The van der Waals surface area contributed by atoms with Crippen molar-refractivity contribution in [2.45, 2.75) is 12.7 Å². The normalized spacial score (nSPS) is 11.5. The Morgan fingerprint density at radius 1 is 1.11 bits per heavy atom. The zero-order valence-corrected chi connectivity index (χ0v) is 19.6. The fourth-order valence-electron chi connectivity index (χ4n) is 3.47. The summed E-state index contributed by atoms with van der Waals surface area (Å²) in [4.78, 5) is 28.6. The quantitative estimate of drug-likeness (QED) is 0.334. The molecule has 4 aromatic rings. The highest BCUT2D eigenvalue weighted by Gasteiger charge is 2.31. The van der Waals surface area contributed by atoms with Gasteiger partial charge in [-0.2, -0.15) is 13.2 Å². The molecule has 35 heavy (non-hydrogen) atoms. The van der Waals surface area contributed by atoms with Gasteiger partial charge in [-0.1, -0.05) is 23.7 Å². The Morgan fingerprint density at radius 3 is 2.49 bits per heavy atom. The van der Waals surface area contributed by atoms with E-state index < -0.39 is 17.3 Å². The molecule has 0 fully saturated rings. The van der Waals surface area contributed by atoms with Crippen LogP contribution in [0, 0.1) is 4.77 Å². The summed E-state index contributed by atoms with van der Waals surface area (Å²) in [6, 6.07) is 14.1. The number of amides is 1. The van der Waals surface area contributed by atoms with Gasteiger partial charge in [0.05, 0.1) is 34.3 Å². The molecular formula is C24H17ClF3N3O3S. The van der Waals surface area contributed by atoms with Crippen molar-refractivity contribution in [1.82, 2.24) is 14.9 Å². The van der Waals surface area contributed by atoms with Crippen LogP contribution in [0.4, 0.5) is 13.2 Å². The molecule has 1 aromatic heterocycles. The number of benzene rings is 3.